The monoisotopic (exact) mass is 252 g/mol. The molecule has 2 N–H and O–H groups in total. The molecule has 0 atom stereocenters. The van der Waals surface area contributed by atoms with Gasteiger partial charge in [0.25, 0.3) is 0 Å². The van der Waals surface area contributed by atoms with Crippen molar-refractivity contribution in [2.75, 3.05) is 12.0 Å². The van der Waals surface area contributed by atoms with E-state index >= 15 is 0 Å². The van der Waals surface area contributed by atoms with Crippen LogP contribution in [0, 0.1) is 10.1 Å². The van der Waals surface area contributed by atoms with Crippen molar-refractivity contribution < 1.29 is 9.34 Å². The van der Waals surface area contributed by atoms with Crippen LogP contribution in [0.1, 0.15) is 0 Å². The average Bonchev–Trinajstić information content (AvgIpc) is 2.80. The van der Waals surface area contributed by atoms with E-state index in [2.05, 4.69) is 9.97 Å². The van der Waals surface area contributed by atoms with Gasteiger partial charge in [-0.15, -0.1) is 11.8 Å². The zero-order valence-electron chi connectivity index (χ0n) is 8.78. The lowest BCUT2D eigenvalue weighted by molar-refractivity contribution is -0.387. The molecule has 0 fully saturated rings. The molecule has 88 valence electrons. The molecule has 2 heterocycles. The van der Waals surface area contributed by atoms with Gasteiger partial charge in [0.1, 0.15) is 0 Å². The van der Waals surface area contributed by atoms with Crippen LogP contribution >= 0.6 is 11.8 Å². The Bertz CT molecular complexity index is 556. The van der Waals surface area contributed by atoms with E-state index in [-0.39, 0.29) is 22.4 Å². The number of anilines is 1. The zero-order chi connectivity index (χ0) is 12.4. The predicted octanol–water partition coefficient (Wildman–Crippen LogP) is 1.95. The maximum absolute atomic E-state index is 11.0. The van der Waals surface area contributed by atoms with Gasteiger partial charge < -0.3 is 10.2 Å². The standard InChI is InChI=1S/C9H8N4O3S/c1-17-8-7(13(14)15)6(11-9(10)12-8)5-3-2-4-16-5/h2-4H,1H3,(H2,10,11,12). The maximum atomic E-state index is 11.0. The lowest BCUT2D eigenvalue weighted by atomic mass is 10.3. The number of nitro groups is 1. The van der Waals surface area contributed by atoms with Gasteiger partial charge in [0.2, 0.25) is 5.95 Å². The zero-order valence-corrected chi connectivity index (χ0v) is 9.60. The van der Waals surface area contributed by atoms with Gasteiger partial charge in [-0.2, -0.15) is 4.98 Å². The quantitative estimate of drug-likeness (QED) is 0.385. The summed E-state index contributed by atoms with van der Waals surface area (Å²) in [5.41, 5.74) is 5.41. The van der Waals surface area contributed by atoms with Gasteiger partial charge >= 0.3 is 5.69 Å². The van der Waals surface area contributed by atoms with Crippen LogP contribution in [-0.4, -0.2) is 21.1 Å². The van der Waals surface area contributed by atoms with Gasteiger partial charge in [0.05, 0.1) is 11.2 Å². The molecule has 0 aliphatic heterocycles. The summed E-state index contributed by atoms with van der Waals surface area (Å²) in [6.07, 6.45) is 3.09. The highest BCUT2D eigenvalue weighted by Crippen LogP contribution is 2.35. The molecule has 0 aromatic carbocycles. The van der Waals surface area contributed by atoms with E-state index in [9.17, 15) is 10.1 Å². The van der Waals surface area contributed by atoms with Gasteiger partial charge in [0.15, 0.2) is 16.5 Å². The number of aromatic nitrogens is 2. The van der Waals surface area contributed by atoms with Crippen molar-refractivity contribution in [1.82, 2.24) is 9.97 Å². The van der Waals surface area contributed by atoms with Crippen LogP contribution in [0.4, 0.5) is 11.6 Å². The third-order valence-corrected chi connectivity index (χ3v) is 2.67. The fourth-order valence-corrected chi connectivity index (χ4v) is 1.89. The van der Waals surface area contributed by atoms with E-state index in [1.54, 1.807) is 18.4 Å². The Balaban J connectivity index is 2.72. The Morgan fingerprint density at radius 1 is 1.53 bits per heavy atom. The van der Waals surface area contributed by atoms with Gasteiger partial charge in [-0.3, -0.25) is 10.1 Å². The molecule has 0 unspecified atom stereocenters. The summed E-state index contributed by atoms with van der Waals surface area (Å²) in [5, 5.41) is 11.3. The molecule has 8 heteroatoms. The lowest BCUT2D eigenvalue weighted by Crippen LogP contribution is -2.03. The topological polar surface area (TPSA) is 108 Å². The van der Waals surface area contributed by atoms with E-state index in [0.717, 1.165) is 11.8 Å². The number of nitrogens with two attached hydrogens (primary N) is 1. The molecule has 0 aliphatic rings. The Morgan fingerprint density at radius 3 is 2.82 bits per heavy atom. The molecule has 2 aromatic rings. The molecule has 7 nitrogen and oxygen atoms in total. The number of furan rings is 1. The fourth-order valence-electron chi connectivity index (χ4n) is 1.34. The average molecular weight is 252 g/mol. The number of thioether (sulfide) groups is 1. The van der Waals surface area contributed by atoms with Crippen LogP contribution in [0.3, 0.4) is 0 Å². The molecule has 0 aliphatic carbocycles. The minimum atomic E-state index is -0.539. The number of hydrogen-bond donors (Lipinski definition) is 1. The first-order valence-electron chi connectivity index (χ1n) is 4.53. The van der Waals surface area contributed by atoms with E-state index in [4.69, 9.17) is 10.2 Å². The second-order valence-electron chi connectivity index (χ2n) is 3.02. The van der Waals surface area contributed by atoms with Crippen molar-refractivity contribution >= 4 is 23.4 Å². The van der Waals surface area contributed by atoms with Crippen molar-refractivity contribution in [3.8, 4) is 11.5 Å². The molecule has 0 saturated carbocycles. The second-order valence-corrected chi connectivity index (χ2v) is 3.82. The number of nitrogens with zero attached hydrogens (tertiary/aromatic N) is 3. The van der Waals surface area contributed by atoms with Gasteiger partial charge in [0, 0.05) is 0 Å². The fraction of sp³-hybridized carbons (Fsp3) is 0.111. The molecule has 0 amide bonds. The maximum Gasteiger partial charge on any atom is 0.330 e. The molecular weight excluding hydrogens is 244 g/mol. The van der Waals surface area contributed by atoms with Crippen molar-refractivity contribution in [3.63, 3.8) is 0 Å². The van der Waals surface area contributed by atoms with Crippen LogP contribution in [0.5, 0.6) is 0 Å². The molecule has 17 heavy (non-hydrogen) atoms. The third-order valence-electron chi connectivity index (χ3n) is 2.00. The smallest absolute Gasteiger partial charge is 0.330 e. The Morgan fingerprint density at radius 2 is 2.29 bits per heavy atom. The number of hydrogen-bond acceptors (Lipinski definition) is 7. The normalized spacial score (nSPS) is 10.4. The van der Waals surface area contributed by atoms with Crippen molar-refractivity contribution in [2.24, 2.45) is 0 Å². The molecule has 2 rings (SSSR count). The molecule has 0 saturated heterocycles. The van der Waals surface area contributed by atoms with Crippen LogP contribution in [-0.2, 0) is 0 Å². The summed E-state index contributed by atoms with van der Waals surface area (Å²) in [7, 11) is 0. The van der Waals surface area contributed by atoms with Crippen LogP contribution in [0.25, 0.3) is 11.5 Å². The van der Waals surface area contributed by atoms with E-state index in [1.807, 2.05) is 0 Å². The van der Waals surface area contributed by atoms with Crippen molar-refractivity contribution in [3.05, 3.63) is 28.5 Å². The number of nitrogen functional groups attached to an aromatic ring is 1. The first-order chi connectivity index (χ1) is 8.13. The summed E-state index contributed by atoms with van der Waals surface area (Å²) >= 11 is 1.13. The minimum Gasteiger partial charge on any atom is -0.462 e. The lowest BCUT2D eigenvalue weighted by Gasteiger charge is -2.03. The van der Waals surface area contributed by atoms with E-state index in [0.29, 0.717) is 5.76 Å². The summed E-state index contributed by atoms with van der Waals surface area (Å²) in [6, 6.07) is 3.20. The summed E-state index contributed by atoms with van der Waals surface area (Å²) in [5.74, 6) is 0.271. The van der Waals surface area contributed by atoms with Crippen LogP contribution in [0.2, 0.25) is 0 Å². The predicted molar refractivity (Wildman–Crippen MR) is 62.6 cm³/mol. The summed E-state index contributed by atoms with van der Waals surface area (Å²) in [6.45, 7) is 0. The molecule has 0 spiro atoms. The first kappa shape index (κ1) is 11.4. The Hall–Kier alpha value is -2.09. The van der Waals surface area contributed by atoms with E-state index < -0.39 is 4.92 Å². The molecular formula is C9H8N4O3S. The largest absolute Gasteiger partial charge is 0.462 e. The van der Waals surface area contributed by atoms with Gasteiger partial charge in [-0.1, -0.05) is 0 Å². The third kappa shape index (κ3) is 2.07. The van der Waals surface area contributed by atoms with Gasteiger partial charge in [-0.25, -0.2) is 4.98 Å². The summed E-state index contributed by atoms with van der Waals surface area (Å²) in [4.78, 5) is 18.2. The van der Waals surface area contributed by atoms with Crippen LogP contribution in [0.15, 0.2) is 27.8 Å². The van der Waals surface area contributed by atoms with Crippen molar-refractivity contribution in [1.29, 1.82) is 0 Å². The number of rotatable bonds is 3. The van der Waals surface area contributed by atoms with Gasteiger partial charge in [-0.05, 0) is 18.4 Å². The Kier molecular flexibility index (Phi) is 2.96. The second kappa shape index (κ2) is 4.42. The molecule has 0 radical (unpaired) electrons. The minimum absolute atomic E-state index is 0.0219. The van der Waals surface area contributed by atoms with Crippen LogP contribution < -0.4 is 5.73 Å². The molecule has 0 bridgehead atoms. The highest BCUT2D eigenvalue weighted by molar-refractivity contribution is 7.98. The van der Waals surface area contributed by atoms with E-state index in [1.165, 1.54) is 6.26 Å². The SMILES string of the molecule is CSc1nc(N)nc(-c2ccco2)c1[N+](=O)[O-]. The highest BCUT2D eigenvalue weighted by atomic mass is 32.2. The Labute approximate surface area is 100 Å². The van der Waals surface area contributed by atoms with Crippen molar-refractivity contribution in [2.45, 2.75) is 5.03 Å². The molecule has 2 aromatic heterocycles. The first-order valence-corrected chi connectivity index (χ1v) is 5.75. The summed E-state index contributed by atoms with van der Waals surface area (Å²) < 4.78 is 5.11. The highest BCUT2D eigenvalue weighted by Gasteiger charge is 2.26.